The number of hydrogen-bond donors (Lipinski definition) is 1. The summed E-state index contributed by atoms with van der Waals surface area (Å²) < 4.78 is 16.0. The SMILES string of the molecule is CCOC(=O)CN1C(=O)C2C3CC(C2C1=O)C1C3Sc2[nH]c(=O)sc2[C@@H]1c1ccc(OC)c(OC)c1. The molecule has 2 aromatic rings. The number of thioether (sulfide) groups is 1. The number of thiazole rings is 1. The van der Waals surface area contributed by atoms with Crippen molar-refractivity contribution < 1.29 is 28.6 Å². The molecule has 2 aliphatic carbocycles. The van der Waals surface area contributed by atoms with Crippen LogP contribution in [0.25, 0.3) is 0 Å². The first kappa shape index (κ1) is 23.6. The Bertz CT molecular complexity index is 1320. The second-order valence-corrected chi connectivity index (χ2v) is 11.8. The van der Waals surface area contributed by atoms with Crippen LogP contribution < -0.4 is 14.3 Å². The maximum Gasteiger partial charge on any atom is 0.326 e. The Hall–Kier alpha value is -2.79. The largest absolute Gasteiger partial charge is 0.493 e. The van der Waals surface area contributed by atoms with Gasteiger partial charge in [0.1, 0.15) is 6.54 Å². The first-order valence-electron chi connectivity index (χ1n) is 12.0. The minimum Gasteiger partial charge on any atom is -0.493 e. The van der Waals surface area contributed by atoms with E-state index in [2.05, 4.69) is 4.98 Å². The Morgan fingerprint density at radius 2 is 1.81 bits per heavy atom. The standard InChI is InChI=1S/C25H26N2O7S2/c1-4-34-15(28)9-27-23(29)18-11-8-12(19(18)24(27)30)20-17(11)16(21-22(35-20)26-25(31)36-21)10-5-6-13(32-2)14(7-10)33-3/h5-7,11-12,16-20H,4,8-9H2,1-3H3,(H,26,31)/t11?,12?,16-,17?,18?,19?,20?/m1/s1. The predicted octanol–water partition coefficient (Wildman–Crippen LogP) is 2.49. The van der Waals surface area contributed by atoms with E-state index in [9.17, 15) is 19.2 Å². The summed E-state index contributed by atoms with van der Waals surface area (Å²) >= 11 is 2.83. The van der Waals surface area contributed by atoms with Crippen LogP contribution in [0.15, 0.2) is 28.0 Å². The molecule has 1 aromatic carbocycles. The number of esters is 1. The van der Waals surface area contributed by atoms with E-state index in [1.54, 1.807) is 32.9 Å². The number of carbonyl (C=O) groups is 3. The smallest absolute Gasteiger partial charge is 0.326 e. The number of ether oxygens (including phenoxy) is 3. The second-order valence-electron chi connectivity index (χ2n) is 9.64. The van der Waals surface area contributed by atoms with Crippen molar-refractivity contribution in [1.29, 1.82) is 0 Å². The number of aromatic amines is 1. The number of hydrogen-bond acceptors (Lipinski definition) is 9. The van der Waals surface area contributed by atoms with Gasteiger partial charge in [0.05, 0.1) is 37.7 Å². The van der Waals surface area contributed by atoms with Crippen LogP contribution >= 0.6 is 23.1 Å². The highest BCUT2D eigenvalue weighted by Crippen LogP contribution is 2.68. The number of benzene rings is 1. The molecule has 9 nitrogen and oxygen atoms in total. The van der Waals surface area contributed by atoms with Crippen molar-refractivity contribution in [3.8, 4) is 11.5 Å². The minimum absolute atomic E-state index is 0.00200. The van der Waals surface area contributed by atoms with Gasteiger partial charge in [0.2, 0.25) is 11.8 Å². The van der Waals surface area contributed by atoms with Gasteiger partial charge in [0.25, 0.3) is 0 Å². The van der Waals surface area contributed by atoms with Gasteiger partial charge >= 0.3 is 10.8 Å². The van der Waals surface area contributed by atoms with Crippen molar-refractivity contribution in [1.82, 2.24) is 9.88 Å². The van der Waals surface area contributed by atoms with Gasteiger partial charge in [0.15, 0.2) is 11.5 Å². The van der Waals surface area contributed by atoms with Crippen molar-refractivity contribution in [2.75, 3.05) is 27.4 Å². The van der Waals surface area contributed by atoms with Gasteiger partial charge in [-0.1, -0.05) is 17.4 Å². The van der Waals surface area contributed by atoms with Gasteiger partial charge in [-0.3, -0.25) is 24.1 Å². The third-order valence-corrected chi connectivity index (χ3v) is 10.8. The molecule has 2 bridgehead atoms. The first-order valence-corrected chi connectivity index (χ1v) is 13.7. The van der Waals surface area contributed by atoms with Gasteiger partial charge < -0.3 is 19.2 Å². The number of H-pyrrole nitrogens is 1. The molecule has 6 rings (SSSR count). The fourth-order valence-electron chi connectivity index (χ4n) is 6.99. The molecule has 0 radical (unpaired) electrons. The topological polar surface area (TPSA) is 115 Å². The number of likely N-dealkylation sites (tertiary alicyclic amines) is 1. The van der Waals surface area contributed by atoms with Crippen molar-refractivity contribution in [2.24, 2.45) is 29.6 Å². The lowest BCUT2D eigenvalue weighted by Gasteiger charge is -2.43. The zero-order valence-electron chi connectivity index (χ0n) is 20.0. The Balaban J connectivity index is 1.41. The number of nitrogens with one attached hydrogen (secondary N) is 1. The molecule has 1 saturated heterocycles. The second kappa shape index (κ2) is 8.65. The van der Waals surface area contributed by atoms with E-state index >= 15 is 0 Å². The molecule has 36 heavy (non-hydrogen) atoms. The number of methoxy groups -OCH3 is 2. The van der Waals surface area contributed by atoms with E-state index < -0.39 is 17.8 Å². The Morgan fingerprint density at radius 1 is 1.08 bits per heavy atom. The molecule has 2 amide bonds. The van der Waals surface area contributed by atoms with Crippen LogP contribution in [0.2, 0.25) is 0 Å². The highest BCUT2D eigenvalue weighted by molar-refractivity contribution is 8.00. The zero-order chi connectivity index (χ0) is 25.3. The van der Waals surface area contributed by atoms with E-state index in [1.807, 2.05) is 18.2 Å². The van der Waals surface area contributed by atoms with Crippen LogP contribution in [0.3, 0.4) is 0 Å². The highest BCUT2D eigenvalue weighted by atomic mass is 32.2. The van der Waals surface area contributed by atoms with Gasteiger partial charge in [-0.25, -0.2) is 0 Å². The fourth-order valence-corrected chi connectivity index (χ4v) is 9.88. The van der Waals surface area contributed by atoms with E-state index in [-0.39, 0.29) is 58.8 Å². The number of rotatable bonds is 6. The molecule has 11 heteroatoms. The van der Waals surface area contributed by atoms with Gasteiger partial charge in [-0.2, -0.15) is 0 Å². The van der Waals surface area contributed by atoms with E-state index in [1.165, 1.54) is 11.3 Å². The summed E-state index contributed by atoms with van der Waals surface area (Å²) in [5.74, 6) is -0.839. The Morgan fingerprint density at radius 3 is 2.50 bits per heavy atom. The first-order chi connectivity index (χ1) is 17.4. The molecular weight excluding hydrogens is 504 g/mol. The summed E-state index contributed by atoms with van der Waals surface area (Å²) in [6, 6.07) is 5.80. The molecule has 1 N–H and O–H groups in total. The molecule has 1 aromatic heterocycles. The molecule has 4 aliphatic rings. The molecule has 3 heterocycles. The third-order valence-electron chi connectivity index (χ3n) is 8.17. The third kappa shape index (κ3) is 3.28. The molecule has 2 saturated carbocycles. The Kier molecular flexibility index (Phi) is 5.67. The number of carbonyl (C=O) groups excluding carboxylic acids is 3. The molecule has 3 fully saturated rings. The summed E-state index contributed by atoms with van der Waals surface area (Å²) in [7, 11) is 3.17. The number of imide groups is 1. The van der Waals surface area contributed by atoms with Gasteiger partial charge in [0, 0.05) is 16.0 Å². The fraction of sp³-hybridized carbons (Fsp3) is 0.520. The average molecular weight is 531 g/mol. The van der Waals surface area contributed by atoms with Crippen molar-refractivity contribution in [3.63, 3.8) is 0 Å². The molecular formula is C25H26N2O7S2. The van der Waals surface area contributed by atoms with Crippen LogP contribution in [0.5, 0.6) is 11.5 Å². The predicted molar refractivity (Wildman–Crippen MR) is 131 cm³/mol. The molecule has 0 spiro atoms. The number of fused-ring (bicyclic) bond motifs is 9. The average Bonchev–Trinajstić information content (AvgIpc) is 3.59. The molecule has 6 unspecified atom stereocenters. The maximum absolute atomic E-state index is 13.5. The Labute approximate surface area is 215 Å². The van der Waals surface area contributed by atoms with E-state index in [4.69, 9.17) is 14.2 Å². The molecule has 7 atom stereocenters. The molecule has 190 valence electrons. The van der Waals surface area contributed by atoms with E-state index in [0.717, 1.165) is 26.8 Å². The lowest BCUT2D eigenvalue weighted by atomic mass is 9.68. The molecule has 2 aliphatic heterocycles. The van der Waals surface area contributed by atoms with Crippen LogP contribution in [-0.2, 0) is 19.1 Å². The van der Waals surface area contributed by atoms with Crippen LogP contribution in [0.4, 0.5) is 0 Å². The monoisotopic (exact) mass is 530 g/mol. The number of nitrogens with zero attached hydrogens (tertiary/aromatic N) is 1. The number of amides is 2. The summed E-state index contributed by atoms with van der Waals surface area (Å²) in [6.07, 6.45) is 0.783. The highest BCUT2D eigenvalue weighted by Gasteiger charge is 2.69. The maximum atomic E-state index is 13.5. The zero-order valence-corrected chi connectivity index (χ0v) is 21.6. The van der Waals surface area contributed by atoms with Crippen LogP contribution in [-0.4, -0.2) is 60.3 Å². The number of aromatic nitrogens is 1. The lowest BCUT2D eigenvalue weighted by molar-refractivity contribution is -0.153. The van der Waals surface area contributed by atoms with E-state index in [0.29, 0.717) is 11.5 Å². The lowest BCUT2D eigenvalue weighted by Crippen LogP contribution is -2.42. The van der Waals surface area contributed by atoms with Crippen molar-refractivity contribution in [2.45, 2.75) is 29.5 Å². The quantitative estimate of drug-likeness (QED) is 0.448. The minimum atomic E-state index is -0.568. The summed E-state index contributed by atoms with van der Waals surface area (Å²) in [6.45, 7) is 1.56. The summed E-state index contributed by atoms with van der Waals surface area (Å²) in [4.78, 5) is 56.3. The van der Waals surface area contributed by atoms with Crippen LogP contribution in [0, 0.1) is 29.6 Å². The van der Waals surface area contributed by atoms with Crippen molar-refractivity contribution in [3.05, 3.63) is 38.3 Å². The van der Waals surface area contributed by atoms with Crippen LogP contribution in [0.1, 0.15) is 29.7 Å². The van der Waals surface area contributed by atoms with Crippen molar-refractivity contribution >= 4 is 40.9 Å². The summed E-state index contributed by atoms with van der Waals surface area (Å²) in [5, 5.41) is 0.918. The van der Waals surface area contributed by atoms with Gasteiger partial charge in [-0.05, 0) is 48.8 Å². The summed E-state index contributed by atoms with van der Waals surface area (Å²) in [5.41, 5.74) is 0.990. The van der Waals surface area contributed by atoms with Gasteiger partial charge in [-0.15, -0.1) is 11.8 Å². The normalized spacial score (nSPS) is 31.8.